The Hall–Kier alpha value is -2.21. The van der Waals surface area contributed by atoms with Crippen molar-refractivity contribution in [1.82, 2.24) is 4.98 Å². The number of aromatic nitrogens is 1. The normalized spacial score (nSPS) is 27.9. The number of ether oxygens (including phenoxy) is 1. The number of quaternary nitrogens is 1. The number of hydrogen-bond donors (Lipinski definition) is 1. The number of rotatable bonds is 6. The lowest BCUT2D eigenvalue weighted by atomic mass is 9.71. The van der Waals surface area contributed by atoms with Crippen LogP contribution in [0.4, 0.5) is 0 Å². The zero-order valence-corrected chi connectivity index (χ0v) is 20.0. The molecule has 6 rings (SSSR count). The quantitative estimate of drug-likeness (QED) is 0.356. The second-order valence-corrected chi connectivity index (χ2v) is 10.2. The van der Waals surface area contributed by atoms with Gasteiger partial charge >= 0.3 is 0 Å². The van der Waals surface area contributed by atoms with E-state index in [4.69, 9.17) is 4.74 Å². The van der Waals surface area contributed by atoms with E-state index in [1.165, 1.54) is 12.0 Å². The number of hydrogen-bond acceptors (Lipinski definition) is 3. The maximum Gasteiger partial charge on any atom is 0.131 e. The van der Waals surface area contributed by atoms with Gasteiger partial charge in [-0.1, -0.05) is 40.2 Å². The second-order valence-electron chi connectivity index (χ2n) is 9.35. The summed E-state index contributed by atoms with van der Waals surface area (Å²) in [4.78, 5) is 4.52. The molecule has 3 fully saturated rings. The van der Waals surface area contributed by atoms with Gasteiger partial charge in [-0.15, -0.1) is 6.58 Å². The first-order valence-corrected chi connectivity index (χ1v) is 12.2. The Labute approximate surface area is 198 Å². The number of methoxy groups -OCH3 is 1. The van der Waals surface area contributed by atoms with E-state index in [0.717, 1.165) is 57.2 Å². The molecule has 2 bridgehead atoms. The summed E-state index contributed by atoms with van der Waals surface area (Å²) in [6.07, 6.45) is 5.59. The molecule has 5 heteroatoms. The molecule has 1 N–H and O–H groups in total. The zero-order chi connectivity index (χ0) is 22.3. The summed E-state index contributed by atoms with van der Waals surface area (Å²) in [5.74, 6) is 1.88. The maximum atomic E-state index is 11.9. The highest BCUT2D eigenvalue weighted by Gasteiger charge is 2.54. The molecular weight excluding hydrogens is 464 g/mol. The molecular formula is C27H30BrN2O2+. The minimum absolute atomic E-state index is 0.133. The minimum atomic E-state index is -0.566. The molecule has 4 nitrogen and oxygen atoms in total. The fourth-order valence-corrected chi connectivity index (χ4v) is 6.50. The molecule has 3 saturated heterocycles. The van der Waals surface area contributed by atoms with Gasteiger partial charge in [0.2, 0.25) is 0 Å². The molecule has 1 unspecified atom stereocenters. The van der Waals surface area contributed by atoms with E-state index in [0.29, 0.717) is 11.8 Å². The SMILES string of the molecule is C=C[C@H]1C[N+]2(Cc3ccccc3Br)CC[C@H]1C[C@@H]2[C@H](O)c1ccnc2ccc(OC)cc12. The Morgan fingerprint density at radius 1 is 1.28 bits per heavy atom. The van der Waals surface area contributed by atoms with Crippen molar-refractivity contribution in [3.8, 4) is 5.75 Å². The van der Waals surface area contributed by atoms with Crippen LogP contribution in [0.2, 0.25) is 0 Å². The number of halogens is 1. The topological polar surface area (TPSA) is 42.4 Å². The van der Waals surface area contributed by atoms with E-state index >= 15 is 0 Å². The highest BCUT2D eigenvalue weighted by molar-refractivity contribution is 9.10. The fourth-order valence-electron chi connectivity index (χ4n) is 6.09. The molecule has 2 aromatic carbocycles. The van der Waals surface area contributed by atoms with E-state index in [9.17, 15) is 5.11 Å². The molecule has 1 aromatic heterocycles. The maximum absolute atomic E-state index is 11.9. The Morgan fingerprint density at radius 2 is 2.12 bits per heavy atom. The average Bonchev–Trinajstić information content (AvgIpc) is 2.84. The zero-order valence-electron chi connectivity index (χ0n) is 18.5. The number of pyridine rings is 1. The van der Waals surface area contributed by atoms with E-state index in [2.05, 4.69) is 57.8 Å². The number of benzene rings is 2. The standard InChI is InChI=1S/C27H30BrN2O2/c1-3-18-16-30(17-20-6-4-5-7-24(20)28)13-11-19(18)14-26(30)27(31)22-10-12-29-25-9-8-21(32-2)15-23(22)25/h3-10,12,15,18-19,26-27,31H,1,11,13-14,16-17H2,2H3/q+1/t18-,19-,26+,27+,30?/m0/s1. The van der Waals surface area contributed by atoms with E-state index < -0.39 is 6.10 Å². The number of aliphatic hydroxyl groups excluding tert-OH is 1. The Morgan fingerprint density at radius 3 is 2.91 bits per heavy atom. The van der Waals surface area contributed by atoms with Crippen LogP contribution in [0.25, 0.3) is 10.9 Å². The Bertz CT molecular complexity index is 1150. The first-order chi connectivity index (χ1) is 15.5. The van der Waals surface area contributed by atoms with Gasteiger partial charge in [0.15, 0.2) is 0 Å². The smallest absolute Gasteiger partial charge is 0.131 e. The van der Waals surface area contributed by atoms with Gasteiger partial charge < -0.3 is 14.3 Å². The first-order valence-electron chi connectivity index (χ1n) is 11.4. The Balaban J connectivity index is 1.57. The van der Waals surface area contributed by atoms with Crippen LogP contribution in [-0.2, 0) is 6.54 Å². The van der Waals surface area contributed by atoms with Crippen molar-refractivity contribution >= 4 is 26.8 Å². The summed E-state index contributed by atoms with van der Waals surface area (Å²) < 4.78 is 7.50. The summed E-state index contributed by atoms with van der Waals surface area (Å²) in [7, 11) is 1.67. The van der Waals surface area contributed by atoms with Gasteiger partial charge in [-0.05, 0) is 41.8 Å². The molecule has 0 aliphatic carbocycles. The van der Waals surface area contributed by atoms with Crippen molar-refractivity contribution in [1.29, 1.82) is 0 Å². The van der Waals surface area contributed by atoms with Crippen molar-refractivity contribution in [3.63, 3.8) is 0 Å². The fraction of sp³-hybridized carbons (Fsp3) is 0.370. The van der Waals surface area contributed by atoms with E-state index in [1.54, 1.807) is 7.11 Å². The average molecular weight is 494 g/mol. The van der Waals surface area contributed by atoms with Crippen LogP contribution < -0.4 is 4.74 Å². The largest absolute Gasteiger partial charge is 0.497 e. The van der Waals surface area contributed by atoms with Gasteiger partial charge in [-0.25, -0.2) is 0 Å². The third-order valence-electron chi connectivity index (χ3n) is 7.78. The predicted octanol–water partition coefficient (Wildman–Crippen LogP) is 5.65. The summed E-state index contributed by atoms with van der Waals surface area (Å²) in [6.45, 7) is 7.17. The lowest BCUT2D eigenvalue weighted by Crippen LogP contribution is -2.67. The molecule has 3 aliphatic heterocycles. The summed E-state index contributed by atoms with van der Waals surface area (Å²) in [5, 5.41) is 12.9. The van der Waals surface area contributed by atoms with Crippen LogP contribution >= 0.6 is 15.9 Å². The van der Waals surface area contributed by atoms with Gasteiger partial charge in [0.25, 0.3) is 0 Å². The van der Waals surface area contributed by atoms with Crippen molar-refractivity contribution in [3.05, 3.63) is 83.0 Å². The van der Waals surface area contributed by atoms with E-state index in [1.807, 2.05) is 30.5 Å². The molecule has 0 spiro atoms. The first kappa shape index (κ1) is 21.6. The van der Waals surface area contributed by atoms with E-state index in [-0.39, 0.29) is 6.04 Å². The van der Waals surface area contributed by atoms with Crippen molar-refractivity contribution in [2.24, 2.45) is 11.8 Å². The van der Waals surface area contributed by atoms with Crippen LogP contribution in [0.3, 0.4) is 0 Å². The van der Waals surface area contributed by atoms with Crippen molar-refractivity contribution < 1.29 is 14.3 Å². The number of nitrogens with zero attached hydrogens (tertiary/aromatic N) is 2. The molecule has 3 aromatic rings. The van der Waals surface area contributed by atoms with Gasteiger partial charge in [0, 0.05) is 40.4 Å². The lowest BCUT2D eigenvalue weighted by Gasteiger charge is -2.58. The molecule has 0 amide bonds. The lowest BCUT2D eigenvalue weighted by molar-refractivity contribution is -0.985. The molecule has 4 heterocycles. The Kier molecular flexibility index (Phi) is 5.82. The molecule has 3 aliphatic rings. The summed E-state index contributed by atoms with van der Waals surface area (Å²) in [6, 6.07) is 16.5. The monoisotopic (exact) mass is 493 g/mol. The van der Waals surface area contributed by atoms with Crippen LogP contribution in [0.5, 0.6) is 5.75 Å². The predicted molar refractivity (Wildman–Crippen MR) is 131 cm³/mol. The third kappa shape index (κ3) is 3.66. The van der Waals surface area contributed by atoms with Crippen molar-refractivity contribution in [2.45, 2.75) is 31.5 Å². The highest BCUT2D eigenvalue weighted by Crippen LogP contribution is 2.48. The third-order valence-corrected chi connectivity index (χ3v) is 8.56. The molecule has 0 saturated carbocycles. The number of fused-ring (bicyclic) bond motifs is 4. The molecule has 166 valence electrons. The van der Waals surface area contributed by atoms with Crippen molar-refractivity contribution in [2.75, 3.05) is 20.2 Å². The molecule has 5 atom stereocenters. The van der Waals surface area contributed by atoms with Gasteiger partial charge in [0.05, 0.1) is 25.7 Å². The summed E-state index contributed by atoms with van der Waals surface area (Å²) >= 11 is 3.76. The number of piperidine rings is 3. The van der Waals surface area contributed by atoms with Crippen LogP contribution in [0.1, 0.15) is 30.1 Å². The van der Waals surface area contributed by atoms with Crippen LogP contribution in [0.15, 0.2) is 71.9 Å². The van der Waals surface area contributed by atoms with Crippen LogP contribution in [0, 0.1) is 11.8 Å². The van der Waals surface area contributed by atoms with Crippen LogP contribution in [-0.4, -0.2) is 40.8 Å². The second kappa shape index (κ2) is 8.62. The summed E-state index contributed by atoms with van der Waals surface area (Å²) in [5.41, 5.74) is 3.14. The highest BCUT2D eigenvalue weighted by atomic mass is 79.9. The number of aliphatic hydroxyl groups is 1. The molecule has 32 heavy (non-hydrogen) atoms. The van der Waals surface area contributed by atoms with Gasteiger partial charge in [-0.2, -0.15) is 0 Å². The minimum Gasteiger partial charge on any atom is -0.497 e. The van der Waals surface area contributed by atoms with Gasteiger partial charge in [0.1, 0.15) is 24.4 Å². The van der Waals surface area contributed by atoms with Gasteiger partial charge in [-0.3, -0.25) is 4.98 Å². The molecule has 0 radical (unpaired) electrons.